The fraction of sp³-hybridized carbons (Fsp3) is 0.471. The molecule has 2 atom stereocenters. The van der Waals surface area contributed by atoms with Gasteiger partial charge in [0.15, 0.2) is 0 Å². The van der Waals surface area contributed by atoms with E-state index < -0.39 is 0 Å². The minimum atomic E-state index is 0.123. The van der Waals surface area contributed by atoms with Crippen LogP contribution in [0.25, 0.3) is 0 Å². The molecular weight excluding hydrogens is 220 g/mol. The summed E-state index contributed by atoms with van der Waals surface area (Å²) in [4.78, 5) is 10.2. The minimum Gasteiger partial charge on any atom is -0.303 e. The largest absolute Gasteiger partial charge is 0.303 e. The molecule has 1 heteroatoms. The van der Waals surface area contributed by atoms with Crippen LogP contribution in [0.1, 0.15) is 40.0 Å². The predicted molar refractivity (Wildman–Crippen MR) is 77.7 cm³/mol. The summed E-state index contributed by atoms with van der Waals surface area (Å²) in [7, 11) is 0. The Balaban J connectivity index is 4.01. The minimum absolute atomic E-state index is 0.123. The van der Waals surface area contributed by atoms with Crippen molar-refractivity contribution in [3.05, 3.63) is 24.3 Å². The van der Waals surface area contributed by atoms with Crippen molar-refractivity contribution in [1.29, 1.82) is 0 Å². The van der Waals surface area contributed by atoms with Crippen molar-refractivity contribution >= 4 is 6.29 Å². The van der Waals surface area contributed by atoms with E-state index in [9.17, 15) is 4.79 Å². The van der Waals surface area contributed by atoms with Crippen molar-refractivity contribution in [2.24, 2.45) is 11.8 Å². The lowest BCUT2D eigenvalue weighted by Crippen LogP contribution is -1.89. The van der Waals surface area contributed by atoms with E-state index in [-0.39, 0.29) is 5.92 Å². The van der Waals surface area contributed by atoms with Crippen LogP contribution < -0.4 is 0 Å². The molecule has 0 heterocycles. The average Bonchev–Trinajstić information content (AvgIpc) is 2.34. The molecule has 0 spiro atoms. The van der Waals surface area contributed by atoms with E-state index in [0.717, 1.165) is 19.1 Å². The van der Waals surface area contributed by atoms with Crippen LogP contribution in [0.3, 0.4) is 0 Å². The van der Waals surface area contributed by atoms with Crippen LogP contribution >= 0.6 is 0 Å². The molecule has 0 amide bonds. The highest BCUT2D eigenvalue weighted by Crippen LogP contribution is 2.01. The fourth-order valence-electron chi connectivity index (χ4n) is 1.19. The zero-order chi connectivity index (χ0) is 13.6. The topological polar surface area (TPSA) is 17.1 Å². The molecule has 0 unspecified atom stereocenters. The fourth-order valence-corrected chi connectivity index (χ4v) is 1.19. The molecular formula is C17H22O. The van der Waals surface area contributed by atoms with E-state index in [0.29, 0.717) is 12.3 Å². The van der Waals surface area contributed by atoms with Gasteiger partial charge in [0.25, 0.3) is 0 Å². The molecule has 0 saturated carbocycles. The Morgan fingerprint density at radius 2 is 1.50 bits per heavy atom. The zero-order valence-electron chi connectivity index (χ0n) is 11.6. The molecule has 0 aromatic heterocycles. The lowest BCUT2D eigenvalue weighted by molar-refractivity contribution is -0.108. The van der Waals surface area contributed by atoms with Crippen molar-refractivity contribution < 1.29 is 4.79 Å². The van der Waals surface area contributed by atoms with Gasteiger partial charge in [-0.05, 0) is 25.0 Å². The van der Waals surface area contributed by atoms with Gasteiger partial charge in [-0.2, -0.15) is 0 Å². The molecule has 0 aliphatic carbocycles. The van der Waals surface area contributed by atoms with Crippen molar-refractivity contribution in [2.45, 2.75) is 40.0 Å². The lowest BCUT2D eigenvalue weighted by atomic mass is 10.1. The molecule has 0 aliphatic rings. The average molecular weight is 242 g/mol. The number of carbonyl (C=O) groups excluding carboxylic acids is 1. The Labute approximate surface area is 111 Å². The molecule has 0 rings (SSSR count). The first kappa shape index (κ1) is 16.3. The van der Waals surface area contributed by atoms with Crippen LogP contribution in [-0.4, -0.2) is 6.29 Å². The third-order valence-electron chi connectivity index (χ3n) is 2.25. The first-order valence-corrected chi connectivity index (χ1v) is 6.46. The summed E-state index contributed by atoms with van der Waals surface area (Å²) in [6.07, 6.45) is 11.3. The smallest absolute Gasteiger partial charge is 0.121 e. The highest BCUT2D eigenvalue weighted by Gasteiger charge is 1.92. The molecule has 0 radical (unpaired) electrons. The normalized spacial score (nSPS) is 13.5. The molecule has 0 N–H and O–H groups in total. The van der Waals surface area contributed by atoms with E-state index in [1.807, 2.05) is 6.92 Å². The first-order chi connectivity index (χ1) is 8.70. The van der Waals surface area contributed by atoms with E-state index in [1.165, 1.54) is 0 Å². The zero-order valence-corrected chi connectivity index (χ0v) is 11.6. The molecule has 0 bridgehead atoms. The predicted octanol–water partition coefficient (Wildman–Crippen LogP) is 3.77. The second-order valence-electron chi connectivity index (χ2n) is 4.23. The molecule has 18 heavy (non-hydrogen) atoms. The van der Waals surface area contributed by atoms with E-state index in [2.05, 4.69) is 49.7 Å². The SMILES string of the molecule is CC/C=C\C[C@H](C)C#C/C=C\C#C[C@@H](C)CC=O. The summed E-state index contributed by atoms with van der Waals surface area (Å²) in [6, 6.07) is 0. The Morgan fingerprint density at radius 1 is 0.944 bits per heavy atom. The van der Waals surface area contributed by atoms with Gasteiger partial charge in [0, 0.05) is 18.3 Å². The first-order valence-electron chi connectivity index (χ1n) is 6.46. The lowest BCUT2D eigenvalue weighted by Gasteiger charge is -1.95. The summed E-state index contributed by atoms with van der Waals surface area (Å²) in [6.45, 7) is 6.17. The second-order valence-corrected chi connectivity index (χ2v) is 4.23. The molecule has 1 nitrogen and oxygen atoms in total. The van der Waals surface area contributed by atoms with Gasteiger partial charge in [-0.3, -0.25) is 0 Å². The van der Waals surface area contributed by atoms with Crippen LogP contribution in [0, 0.1) is 35.5 Å². The number of allylic oxidation sites excluding steroid dienone is 4. The number of rotatable bonds is 5. The van der Waals surface area contributed by atoms with Gasteiger partial charge in [0.2, 0.25) is 0 Å². The van der Waals surface area contributed by atoms with Crippen molar-refractivity contribution in [2.75, 3.05) is 0 Å². The molecule has 0 fully saturated rings. The van der Waals surface area contributed by atoms with Gasteiger partial charge in [-0.25, -0.2) is 0 Å². The number of aldehydes is 1. The van der Waals surface area contributed by atoms with Gasteiger partial charge >= 0.3 is 0 Å². The van der Waals surface area contributed by atoms with Gasteiger partial charge in [-0.15, -0.1) is 0 Å². The maximum atomic E-state index is 10.2. The van der Waals surface area contributed by atoms with Crippen molar-refractivity contribution in [3.63, 3.8) is 0 Å². The van der Waals surface area contributed by atoms with Crippen LogP contribution in [0.15, 0.2) is 24.3 Å². The maximum Gasteiger partial charge on any atom is 0.121 e. The third kappa shape index (κ3) is 10.8. The molecule has 0 aliphatic heterocycles. The summed E-state index contributed by atoms with van der Waals surface area (Å²) in [5.41, 5.74) is 0. The van der Waals surface area contributed by atoms with Crippen LogP contribution in [-0.2, 0) is 4.79 Å². The third-order valence-corrected chi connectivity index (χ3v) is 2.25. The van der Waals surface area contributed by atoms with Gasteiger partial charge in [-0.1, -0.05) is 56.6 Å². The molecule has 0 aromatic carbocycles. The number of hydrogen-bond donors (Lipinski definition) is 0. The van der Waals surface area contributed by atoms with E-state index >= 15 is 0 Å². The Bertz CT molecular complexity index is 393. The van der Waals surface area contributed by atoms with E-state index in [4.69, 9.17) is 0 Å². The Hall–Kier alpha value is -1.73. The van der Waals surface area contributed by atoms with Crippen molar-refractivity contribution in [3.8, 4) is 23.7 Å². The van der Waals surface area contributed by atoms with Crippen molar-refractivity contribution in [1.82, 2.24) is 0 Å². The van der Waals surface area contributed by atoms with Gasteiger partial charge < -0.3 is 4.79 Å². The van der Waals surface area contributed by atoms with Crippen LogP contribution in [0.4, 0.5) is 0 Å². The van der Waals surface area contributed by atoms with Gasteiger partial charge in [0.05, 0.1) is 0 Å². The molecule has 96 valence electrons. The summed E-state index contributed by atoms with van der Waals surface area (Å²) in [5, 5.41) is 0. The Kier molecular flexibility index (Phi) is 10.6. The summed E-state index contributed by atoms with van der Waals surface area (Å²) in [5.74, 6) is 12.5. The van der Waals surface area contributed by atoms with Crippen LogP contribution in [0.5, 0.6) is 0 Å². The summed E-state index contributed by atoms with van der Waals surface area (Å²) < 4.78 is 0. The van der Waals surface area contributed by atoms with Crippen LogP contribution in [0.2, 0.25) is 0 Å². The highest BCUT2D eigenvalue weighted by atomic mass is 16.1. The Morgan fingerprint density at radius 3 is 2.00 bits per heavy atom. The standard InChI is InChI=1S/C17H22O/c1-4-5-8-11-16(2)12-9-6-7-10-13-17(3)14-15-18/h5-8,15-17H,4,11,14H2,1-3H3/b7-6-,8-5-/t16-,17+/m0/s1. The molecule has 0 saturated heterocycles. The van der Waals surface area contributed by atoms with Gasteiger partial charge in [0.1, 0.15) is 6.29 Å². The number of carbonyl (C=O) groups is 1. The maximum absolute atomic E-state index is 10.2. The second kappa shape index (κ2) is 11.7. The summed E-state index contributed by atoms with van der Waals surface area (Å²) >= 11 is 0. The monoisotopic (exact) mass is 242 g/mol. The quantitative estimate of drug-likeness (QED) is 0.407. The number of hydrogen-bond acceptors (Lipinski definition) is 1. The molecule has 0 aromatic rings. The highest BCUT2D eigenvalue weighted by molar-refractivity contribution is 5.50. The van der Waals surface area contributed by atoms with E-state index in [1.54, 1.807) is 12.2 Å².